The van der Waals surface area contributed by atoms with Gasteiger partial charge in [-0.15, -0.1) is 11.3 Å². The number of benzene rings is 1. The van der Waals surface area contributed by atoms with E-state index in [1.807, 2.05) is 0 Å². The number of thiophene rings is 1. The second kappa shape index (κ2) is 7.82. The summed E-state index contributed by atoms with van der Waals surface area (Å²) in [6.07, 6.45) is 0.615. The Morgan fingerprint density at radius 2 is 1.96 bits per heavy atom. The molecule has 2 N–H and O–H groups in total. The SMILES string of the molecule is CC(=O)NCc1ccc(C(=O)NC2CCN(c3c(F)cccc3F)C2)s1. The Morgan fingerprint density at radius 1 is 1.23 bits per heavy atom. The van der Waals surface area contributed by atoms with E-state index in [-0.39, 0.29) is 23.5 Å². The van der Waals surface area contributed by atoms with Crippen molar-refractivity contribution < 1.29 is 18.4 Å². The van der Waals surface area contributed by atoms with Crippen LogP contribution in [0.5, 0.6) is 0 Å². The third-order valence-electron chi connectivity index (χ3n) is 4.17. The van der Waals surface area contributed by atoms with Crippen molar-refractivity contribution in [1.29, 1.82) is 0 Å². The Balaban J connectivity index is 1.58. The fourth-order valence-electron chi connectivity index (χ4n) is 2.94. The number of hydrogen-bond donors (Lipinski definition) is 2. The molecule has 1 aliphatic heterocycles. The molecule has 0 bridgehead atoms. The second-order valence-corrected chi connectivity index (χ2v) is 7.32. The van der Waals surface area contributed by atoms with Crippen molar-refractivity contribution in [1.82, 2.24) is 10.6 Å². The average molecular weight is 379 g/mol. The number of anilines is 1. The zero-order chi connectivity index (χ0) is 18.7. The second-order valence-electron chi connectivity index (χ2n) is 6.15. The van der Waals surface area contributed by atoms with Crippen LogP contribution in [0, 0.1) is 11.6 Å². The van der Waals surface area contributed by atoms with Crippen LogP contribution in [0.2, 0.25) is 0 Å². The van der Waals surface area contributed by atoms with Gasteiger partial charge >= 0.3 is 0 Å². The van der Waals surface area contributed by atoms with Gasteiger partial charge in [0.25, 0.3) is 5.91 Å². The highest BCUT2D eigenvalue weighted by atomic mass is 32.1. The van der Waals surface area contributed by atoms with Gasteiger partial charge in [-0.2, -0.15) is 0 Å². The third kappa shape index (κ3) is 4.19. The molecule has 1 fully saturated rings. The topological polar surface area (TPSA) is 61.4 Å². The normalized spacial score (nSPS) is 16.6. The van der Waals surface area contributed by atoms with Crippen LogP contribution in [0.25, 0.3) is 0 Å². The maximum Gasteiger partial charge on any atom is 0.261 e. The van der Waals surface area contributed by atoms with Crippen molar-refractivity contribution in [2.45, 2.75) is 25.9 Å². The van der Waals surface area contributed by atoms with E-state index in [0.29, 0.717) is 30.9 Å². The van der Waals surface area contributed by atoms with E-state index in [4.69, 9.17) is 0 Å². The van der Waals surface area contributed by atoms with Gasteiger partial charge in [0.05, 0.1) is 11.4 Å². The van der Waals surface area contributed by atoms with Crippen LogP contribution in [-0.2, 0) is 11.3 Å². The van der Waals surface area contributed by atoms with Gasteiger partial charge in [0.2, 0.25) is 5.91 Å². The molecule has 2 aromatic rings. The highest BCUT2D eigenvalue weighted by molar-refractivity contribution is 7.14. The maximum absolute atomic E-state index is 13.9. The predicted molar refractivity (Wildman–Crippen MR) is 96.3 cm³/mol. The molecule has 1 aliphatic rings. The van der Waals surface area contributed by atoms with E-state index in [0.717, 1.165) is 4.88 Å². The summed E-state index contributed by atoms with van der Waals surface area (Å²) in [4.78, 5) is 26.4. The van der Waals surface area contributed by atoms with Crippen molar-refractivity contribution in [2.75, 3.05) is 18.0 Å². The Morgan fingerprint density at radius 3 is 2.65 bits per heavy atom. The molecule has 3 rings (SSSR count). The zero-order valence-electron chi connectivity index (χ0n) is 14.2. The molecule has 8 heteroatoms. The minimum absolute atomic E-state index is 0.0435. The van der Waals surface area contributed by atoms with Gasteiger partial charge < -0.3 is 15.5 Å². The first kappa shape index (κ1) is 18.3. The Labute approximate surface area is 154 Å². The van der Waals surface area contributed by atoms with Crippen LogP contribution in [0.3, 0.4) is 0 Å². The Kier molecular flexibility index (Phi) is 5.51. The van der Waals surface area contributed by atoms with Gasteiger partial charge in [0, 0.05) is 30.9 Å². The molecule has 1 atom stereocenters. The van der Waals surface area contributed by atoms with E-state index < -0.39 is 11.6 Å². The molecule has 1 aromatic heterocycles. The van der Waals surface area contributed by atoms with Gasteiger partial charge in [-0.05, 0) is 30.7 Å². The average Bonchev–Trinajstić information content (AvgIpc) is 3.22. The molecular formula is C18H19F2N3O2S. The molecule has 0 saturated carbocycles. The Bertz CT molecular complexity index is 804. The van der Waals surface area contributed by atoms with Crippen LogP contribution in [-0.4, -0.2) is 30.9 Å². The number of nitrogens with one attached hydrogen (secondary N) is 2. The Hall–Kier alpha value is -2.48. The summed E-state index contributed by atoms with van der Waals surface area (Å²) in [7, 11) is 0. The standard InChI is InChI=1S/C18H19F2N3O2S/c1-11(24)21-9-13-5-6-16(26-13)18(25)22-12-7-8-23(10-12)17-14(19)3-2-4-15(17)20/h2-6,12H,7-10H2,1H3,(H,21,24)(H,22,25). The predicted octanol–water partition coefficient (Wildman–Crippen LogP) is 2.67. The maximum atomic E-state index is 13.9. The van der Waals surface area contributed by atoms with Crippen LogP contribution >= 0.6 is 11.3 Å². The summed E-state index contributed by atoms with van der Waals surface area (Å²) in [5.74, 6) is -1.54. The molecule has 26 heavy (non-hydrogen) atoms. The minimum Gasteiger partial charge on any atom is -0.365 e. The first-order valence-electron chi connectivity index (χ1n) is 8.27. The van der Waals surface area contributed by atoms with Crippen molar-refractivity contribution in [2.24, 2.45) is 0 Å². The molecule has 1 aromatic carbocycles. The van der Waals surface area contributed by atoms with E-state index in [9.17, 15) is 18.4 Å². The summed E-state index contributed by atoms with van der Waals surface area (Å²) >= 11 is 1.31. The minimum atomic E-state index is -0.599. The van der Waals surface area contributed by atoms with E-state index in [1.165, 1.54) is 36.5 Å². The lowest BCUT2D eigenvalue weighted by Gasteiger charge is -2.20. The molecule has 0 radical (unpaired) electrons. The quantitative estimate of drug-likeness (QED) is 0.840. The fourth-order valence-corrected chi connectivity index (χ4v) is 3.79. The molecule has 2 amide bonds. The summed E-state index contributed by atoms with van der Waals surface area (Å²) in [5.41, 5.74) is -0.0435. The molecular weight excluding hydrogens is 360 g/mol. The lowest BCUT2D eigenvalue weighted by Crippen LogP contribution is -2.37. The summed E-state index contributed by atoms with van der Waals surface area (Å²) in [5, 5.41) is 5.59. The van der Waals surface area contributed by atoms with Crippen LogP contribution in [0.15, 0.2) is 30.3 Å². The summed E-state index contributed by atoms with van der Waals surface area (Å²) in [6, 6.07) is 7.12. The first-order valence-corrected chi connectivity index (χ1v) is 9.08. The number of rotatable bonds is 5. The molecule has 0 aliphatic carbocycles. The van der Waals surface area contributed by atoms with Gasteiger partial charge in [-0.1, -0.05) is 6.07 Å². The van der Waals surface area contributed by atoms with Crippen molar-refractivity contribution in [3.63, 3.8) is 0 Å². The molecule has 0 spiro atoms. The molecule has 5 nitrogen and oxygen atoms in total. The highest BCUT2D eigenvalue weighted by Crippen LogP contribution is 2.27. The number of amides is 2. The number of hydrogen-bond acceptors (Lipinski definition) is 4. The van der Waals surface area contributed by atoms with E-state index in [1.54, 1.807) is 17.0 Å². The number of nitrogens with zero attached hydrogens (tertiary/aromatic N) is 1. The van der Waals surface area contributed by atoms with E-state index in [2.05, 4.69) is 10.6 Å². The van der Waals surface area contributed by atoms with Gasteiger partial charge in [-0.25, -0.2) is 8.78 Å². The molecule has 1 unspecified atom stereocenters. The van der Waals surface area contributed by atoms with Gasteiger partial charge in [0.1, 0.15) is 17.3 Å². The monoisotopic (exact) mass is 379 g/mol. The highest BCUT2D eigenvalue weighted by Gasteiger charge is 2.28. The first-order chi connectivity index (χ1) is 12.4. The molecule has 1 saturated heterocycles. The number of halogens is 2. The van der Waals surface area contributed by atoms with E-state index >= 15 is 0 Å². The third-order valence-corrected chi connectivity index (χ3v) is 5.26. The van der Waals surface area contributed by atoms with Crippen molar-refractivity contribution in [3.8, 4) is 0 Å². The lowest BCUT2D eigenvalue weighted by atomic mass is 10.2. The summed E-state index contributed by atoms with van der Waals surface area (Å²) in [6.45, 7) is 2.65. The molecule has 138 valence electrons. The van der Waals surface area contributed by atoms with Crippen LogP contribution in [0.4, 0.5) is 14.5 Å². The fraction of sp³-hybridized carbons (Fsp3) is 0.333. The molecule has 2 heterocycles. The van der Waals surface area contributed by atoms with Gasteiger partial charge in [0.15, 0.2) is 0 Å². The number of carbonyl (C=O) groups excluding carboxylic acids is 2. The van der Waals surface area contributed by atoms with Crippen LogP contribution < -0.4 is 15.5 Å². The number of para-hydroxylation sites is 1. The van der Waals surface area contributed by atoms with Gasteiger partial charge in [-0.3, -0.25) is 9.59 Å². The largest absolute Gasteiger partial charge is 0.365 e. The zero-order valence-corrected chi connectivity index (χ0v) is 15.0. The number of carbonyl (C=O) groups is 2. The summed E-state index contributed by atoms with van der Waals surface area (Å²) < 4.78 is 27.8. The van der Waals surface area contributed by atoms with Crippen LogP contribution in [0.1, 0.15) is 27.9 Å². The smallest absolute Gasteiger partial charge is 0.261 e. The van der Waals surface area contributed by atoms with Crippen molar-refractivity contribution >= 4 is 28.8 Å². The lowest BCUT2D eigenvalue weighted by molar-refractivity contribution is -0.119. The van der Waals surface area contributed by atoms with Crippen molar-refractivity contribution in [3.05, 3.63) is 51.7 Å².